The number of amides is 1. The number of esters is 1. The quantitative estimate of drug-likeness (QED) is 0.139. The molecule has 1 heterocycles. The maximum absolute atomic E-state index is 12.6. The molecule has 182 valence electrons. The van der Waals surface area contributed by atoms with Crippen LogP contribution in [0.2, 0.25) is 0 Å². The molecule has 0 atom stereocenters. The van der Waals surface area contributed by atoms with Crippen molar-refractivity contribution >= 4 is 23.6 Å². The van der Waals surface area contributed by atoms with E-state index in [4.69, 9.17) is 18.9 Å². The fourth-order valence-electron chi connectivity index (χ4n) is 3.32. The number of carbonyl (C=O) groups excluding carboxylic acids is 2. The van der Waals surface area contributed by atoms with Crippen LogP contribution in [0.15, 0.2) is 42.0 Å². The number of hydrogen-bond acceptors (Lipinski definition) is 9. The number of ether oxygens (including phenoxy) is 4. The molecule has 0 saturated carbocycles. The maximum atomic E-state index is 12.6. The second-order valence-electron chi connectivity index (χ2n) is 7.45. The normalized spacial score (nSPS) is 13.5. The fraction of sp³-hybridized carbons (Fsp3) is 0.292. The molecule has 0 bridgehead atoms. The summed E-state index contributed by atoms with van der Waals surface area (Å²) in [5.41, 5.74) is 0.822. The zero-order chi connectivity index (χ0) is 25.4. The number of carbonyl (C=O) groups is 2. The van der Waals surface area contributed by atoms with Gasteiger partial charge in [0.25, 0.3) is 11.6 Å². The predicted octanol–water partition coefficient (Wildman–Crippen LogP) is 2.66. The zero-order valence-electron chi connectivity index (χ0n) is 19.2. The second-order valence-corrected chi connectivity index (χ2v) is 7.45. The maximum Gasteiger partial charge on any atom is 0.349 e. The van der Waals surface area contributed by atoms with E-state index in [9.17, 15) is 25.0 Å². The van der Waals surface area contributed by atoms with Crippen LogP contribution in [0.4, 0.5) is 5.69 Å². The van der Waals surface area contributed by atoms with Crippen LogP contribution in [-0.2, 0) is 14.3 Å². The van der Waals surface area contributed by atoms with Crippen molar-refractivity contribution in [1.29, 1.82) is 5.26 Å². The molecule has 0 unspecified atom stereocenters. The standard InChI is InChI=1S/C24H23N3O8/c1-16-11-19(4-5-20(16)27(30)31)34-15-23(28)35-21-6-3-17(13-22(21)32-2)12-18(14-25)24(29)26-7-9-33-10-8-26/h3-6,11-13H,7-10,15H2,1-2H3/b18-12+. The molecule has 1 aliphatic rings. The monoisotopic (exact) mass is 481 g/mol. The van der Waals surface area contributed by atoms with Crippen LogP contribution < -0.4 is 14.2 Å². The van der Waals surface area contributed by atoms with Crippen LogP contribution >= 0.6 is 0 Å². The minimum Gasteiger partial charge on any atom is -0.493 e. The van der Waals surface area contributed by atoms with Crippen LogP contribution in [0.3, 0.4) is 0 Å². The Morgan fingerprint density at radius 2 is 1.94 bits per heavy atom. The van der Waals surface area contributed by atoms with E-state index in [0.29, 0.717) is 37.4 Å². The summed E-state index contributed by atoms with van der Waals surface area (Å²) in [6, 6.07) is 10.7. The van der Waals surface area contributed by atoms with Gasteiger partial charge in [0.2, 0.25) is 0 Å². The molecule has 1 fully saturated rings. The Morgan fingerprint density at radius 3 is 2.57 bits per heavy atom. The molecular weight excluding hydrogens is 458 g/mol. The lowest BCUT2D eigenvalue weighted by atomic mass is 10.1. The molecule has 0 N–H and O–H groups in total. The van der Waals surface area contributed by atoms with E-state index in [1.54, 1.807) is 17.9 Å². The van der Waals surface area contributed by atoms with Crippen LogP contribution in [0, 0.1) is 28.4 Å². The molecule has 2 aromatic carbocycles. The first kappa shape index (κ1) is 25.2. The third kappa shape index (κ3) is 6.55. The molecule has 2 aromatic rings. The van der Waals surface area contributed by atoms with Crippen molar-refractivity contribution in [1.82, 2.24) is 4.90 Å². The third-order valence-electron chi connectivity index (χ3n) is 5.09. The minimum atomic E-state index is -0.720. The lowest BCUT2D eigenvalue weighted by Crippen LogP contribution is -2.41. The Labute approximate surface area is 201 Å². The Bertz CT molecular complexity index is 1200. The number of rotatable bonds is 8. The highest BCUT2D eigenvalue weighted by Crippen LogP contribution is 2.29. The second kappa shape index (κ2) is 11.6. The van der Waals surface area contributed by atoms with E-state index >= 15 is 0 Å². The highest BCUT2D eigenvalue weighted by Gasteiger charge is 2.21. The largest absolute Gasteiger partial charge is 0.493 e. The molecule has 0 aliphatic carbocycles. The highest BCUT2D eigenvalue weighted by molar-refractivity contribution is 6.01. The summed E-state index contributed by atoms with van der Waals surface area (Å²) in [4.78, 5) is 36.8. The van der Waals surface area contributed by atoms with Crippen LogP contribution in [0.1, 0.15) is 11.1 Å². The van der Waals surface area contributed by atoms with E-state index < -0.39 is 17.5 Å². The van der Waals surface area contributed by atoms with E-state index in [1.165, 1.54) is 43.5 Å². The van der Waals surface area contributed by atoms with Crippen molar-refractivity contribution in [3.8, 4) is 23.3 Å². The summed E-state index contributed by atoms with van der Waals surface area (Å²) in [5.74, 6) is -0.483. The summed E-state index contributed by atoms with van der Waals surface area (Å²) in [6.45, 7) is 2.80. The van der Waals surface area contributed by atoms with Crippen molar-refractivity contribution in [3.05, 3.63) is 63.2 Å². The number of morpholine rings is 1. The molecule has 0 radical (unpaired) electrons. The summed E-state index contributed by atoms with van der Waals surface area (Å²) in [6.07, 6.45) is 1.44. The molecule has 3 rings (SSSR count). The average molecular weight is 481 g/mol. The molecule has 1 aliphatic heterocycles. The van der Waals surface area contributed by atoms with Crippen molar-refractivity contribution < 1.29 is 33.5 Å². The smallest absolute Gasteiger partial charge is 0.349 e. The van der Waals surface area contributed by atoms with Crippen molar-refractivity contribution in [2.45, 2.75) is 6.92 Å². The van der Waals surface area contributed by atoms with Gasteiger partial charge in [0.05, 0.1) is 25.2 Å². The lowest BCUT2D eigenvalue weighted by molar-refractivity contribution is -0.385. The van der Waals surface area contributed by atoms with Crippen LogP contribution in [0.25, 0.3) is 6.08 Å². The lowest BCUT2D eigenvalue weighted by Gasteiger charge is -2.26. The van der Waals surface area contributed by atoms with E-state index in [-0.39, 0.29) is 34.4 Å². The molecule has 11 heteroatoms. The van der Waals surface area contributed by atoms with E-state index in [0.717, 1.165) is 0 Å². The topological polar surface area (TPSA) is 141 Å². The highest BCUT2D eigenvalue weighted by atomic mass is 16.6. The average Bonchev–Trinajstić information content (AvgIpc) is 2.86. The molecule has 0 aromatic heterocycles. The Morgan fingerprint density at radius 1 is 1.20 bits per heavy atom. The van der Waals surface area contributed by atoms with Gasteiger partial charge >= 0.3 is 5.97 Å². The Balaban J connectivity index is 1.66. The van der Waals surface area contributed by atoms with Gasteiger partial charge in [-0.1, -0.05) is 6.07 Å². The number of nitrogens with zero attached hydrogens (tertiary/aromatic N) is 3. The van der Waals surface area contributed by atoms with Gasteiger partial charge in [-0.3, -0.25) is 14.9 Å². The van der Waals surface area contributed by atoms with Crippen LogP contribution in [-0.4, -0.2) is 61.7 Å². The van der Waals surface area contributed by atoms with Crippen molar-refractivity contribution in [3.63, 3.8) is 0 Å². The SMILES string of the molecule is COc1cc(/C=C(\C#N)C(=O)N2CCOCC2)ccc1OC(=O)COc1ccc([N+](=O)[O-])c(C)c1. The number of methoxy groups -OCH3 is 1. The van der Waals surface area contributed by atoms with E-state index in [2.05, 4.69) is 0 Å². The molecule has 11 nitrogen and oxygen atoms in total. The first-order chi connectivity index (χ1) is 16.8. The molecule has 1 saturated heterocycles. The van der Waals surface area contributed by atoms with Gasteiger partial charge in [0.15, 0.2) is 18.1 Å². The summed E-state index contributed by atoms with van der Waals surface area (Å²) in [7, 11) is 1.39. The fourth-order valence-corrected chi connectivity index (χ4v) is 3.32. The first-order valence-electron chi connectivity index (χ1n) is 10.6. The van der Waals surface area contributed by atoms with Gasteiger partial charge in [-0.15, -0.1) is 0 Å². The van der Waals surface area contributed by atoms with Crippen molar-refractivity contribution in [2.24, 2.45) is 0 Å². The number of nitro benzene ring substituents is 1. The van der Waals surface area contributed by atoms with Gasteiger partial charge in [0.1, 0.15) is 17.4 Å². The number of nitro groups is 1. The van der Waals surface area contributed by atoms with Gasteiger partial charge in [-0.2, -0.15) is 5.26 Å². The summed E-state index contributed by atoms with van der Waals surface area (Å²) >= 11 is 0. The van der Waals surface area contributed by atoms with Crippen molar-refractivity contribution in [2.75, 3.05) is 40.0 Å². The number of benzene rings is 2. The summed E-state index contributed by atoms with van der Waals surface area (Å²) < 4.78 is 21.2. The Kier molecular flexibility index (Phi) is 8.37. The predicted molar refractivity (Wildman–Crippen MR) is 123 cm³/mol. The molecular formula is C24H23N3O8. The van der Waals surface area contributed by atoms with E-state index in [1.807, 2.05) is 6.07 Å². The van der Waals surface area contributed by atoms with Gasteiger partial charge in [0, 0.05) is 24.7 Å². The number of aryl methyl sites for hydroxylation is 1. The summed E-state index contributed by atoms with van der Waals surface area (Å²) in [5, 5.41) is 20.4. The van der Waals surface area contributed by atoms with Crippen LogP contribution in [0.5, 0.6) is 17.2 Å². The molecule has 35 heavy (non-hydrogen) atoms. The van der Waals surface area contributed by atoms with Gasteiger partial charge in [-0.05, 0) is 42.8 Å². The molecule has 1 amide bonds. The first-order valence-corrected chi connectivity index (χ1v) is 10.6. The third-order valence-corrected chi connectivity index (χ3v) is 5.09. The van der Waals surface area contributed by atoms with Gasteiger partial charge < -0.3 is 23.8 Å². The Hall–Kier alpha value is -4.43. The zero-order valence-corrected chi connectivity index (χ0v) is 19.2. The number of hydrogen-bond donors (Lipinski definition) is 0. The molecule has 0 spiro atoms. The van der Waals surface area contributed by atoms with Gasteiger partial charge in [-0.25, -0.2) is 4.79 Å². The minimum absolute atomic E-state index is 0.0366. The number of nitriles is 1.